The van der Waals surface area contributed by atoms with Crippen LogP contribution in [0.3, 0.4) is 0 Å². The van der Waals surface area contributed by atoms with E-state index in [1.807, 2.05) is 19.4 Å². The van der Waals surface area contributed by atoms with Crippen molar-refractivity contribution in [2.75, 3.05) is 13.1 Å². The molecule has 17 heavy (non-hydrogen) atoms. The minimum atomic E-state index is 0.599. The highest BCUT2D eigenvalue weighted by molar-refractivity contribution is 5.11. The number of hydrogen-bond donors (Lipinski definition) is 1. The van der Waals surface area contributed by atoms with Gasteiger partial charge < -0.3 is 14.4 Å². The Morgan fingerprint density at radius 2 is 2.41 bits per heavy atom. The molecule has 1 aliphatic heterocycles. The predicted octanol–water partition coefficient (Wildman–Crippen LogP) is 0.504. The summed E-state index contributed by atoms with van der Waals surface area (Å²) in [4.78, 5) is 8.41. The van der Waals surface area contributed by atoms with Crippen LogP contribution < -0.4 is 5.32 Å². The highest BCUT2D eigenvalue weighted by Gasteiger charge is 2.22. The van der Waals surface area contributed by atoms with E-state index in [1.54, 1.807) is 0 Å². The number of imidazole rings is 1. The monoisotopic (exact) mass is 233 g/mol. The molecule has 6 nitrogen and oxygen atoms in total. The fraction of sp³-hybridized carbons (Fsp3) is 0.545. The molecule has 3 rings (SSSR count). The second-order valence-corrected chi connectivity index (χ2v) is 4.35. The molecule has 0 amide bonds. The van der Waals surface area contributed by atoms with E-state index in [9.17, 15) is 0 Å². The summed E-state index contributed by atoms with van der Waals surface area (Å²) in [7, 11) is 0. The number of rotatable bonds is 4. The summed E-state index contributed by atoms with van der Waals surface area (Å²) in [5, 5.41) is 7.05. The van der Waals surface area contributed by atoms with Crippen molar-refractivity contribution in [2.45, 2.75) is 25.8 Å². The van der Waals surface area contributed by atoms with E-state index in [-0.39, 0.29) is 0 Å². The molecule has 1 saturated heterocycles. The Labute approximate surface area is 99.0 Å². The van der Waals surface area contributed by atoms with Crippen LogP contribution in [0.5, 0.6) is 0 Å². The van der Waals surface area contributed by atoms with Gasteiger partial charge in [-0.3, -0.25) is 0 Å². The fourth-order valence-electron chi connectivity index (χ4n) is 2.01. The summed E-state index contributed by atoms with van der Waals surface area (Å²) >= 11 is 0. The average molecular weight is 233 g/mol. The lowest BCUT2D eigenvalue weighted by Crippen LogP contribution is -2.40. The van der Waals surface area contributed by atoms with Gasteiger partial charge in [0.25, 0.3) is 0 Å². The van der Waals surface area contributed by atoms with Gasteiger partial charge in [0.05, 0.1) is 6.33 Å². The third-order valence-electron chi connectivity index (χ3n) is 3.08. The summed E-state index contributed by atoms with van der Waals surface area (Å²) in [5.74, 6) is 1.98. The van der Waals surface area contributed by atoms with Gasteiger partial charge in [-0.1, -0.05) is 5.16 Å². The maximum Gasteiger partial charge on any atom is 0.228 e. The minimum absolute atomic E-state index is 0.599. The van der Waals surface area contributed by atoms with Crippen LogP contribution in [0.2, 0.25) is 0 Å². The third-order valence-corrected chi connectivity index (χ3v) is 3.08. The highest BCUT2D eigenvalue weighted by atomic mass is 16.5. The van der Waals surface area contributed by atoms with Crippen LogP contribution >= 0.6 is 0 Å². The van der Waals surface area contributed by atoms with Crippen LogP contribution in [-0.4, -0.2) is 32.8 Å². The van der Waals surface area contributed by atoms with Crippen molar-refractivity contribution < 1.29 is 4.52 Å². The number of aromatic nitrogens is 4. The Kier molecular flexibility index (Phi) is 2.64. The highest BCUT2D eigenvalue weighted by Crippen LogP contribution is 2.19. The molecule has 2 aromatic heterocycles. The molecule has 1 aliphatic rings. The lowest BCUT2D eigenvalue weighted by atomic mass is 10.00. The van der Waals surface area contributed by atoms with Gasteiger partial charge in [0.1, 0.15) is 0 Å². The van der Waals surface area contributed by atoms with Gasteiger partial charge in [-0.2, -0.15) is 4.98 Å². The maximum absolute atomic E-state index is 5.10. The fourth-order valence-corrected chi connectivity index (χ4v) is 2.01. The van der Waals surface area contributed by atoms with Crippen molar-refractivity contribution in [1.29, 1.82) is 0 Å². The van der Waals surface area contributed by atoms with Crippen LogP contribution in [-0.2, 0) is 13.0 Å². The summed E-state index contributed by atoms with van der Waals surface area (Å²) in [5.41, 5.74) is 1.29. The Morgan fingerprint density at radius 3 is 3.06 bits per heavy atom. The van der Waals surface area contributed by atoms with E-state index in [1.165, 1.54) is 5.69 Å². The van der Waals surface area contributed by atoms with Crippen molar-refractivity contribution in [1.82, 2.24) is 25.0 Å². The van der Waals surface area contributed by atoms with Crippen molar-refractivity contribution in [2.24, 2.45) is 0 Å². The molecule has 0 atom stereocenters. The number of hydrogen-bond acceptors (Lipinski definition) is 5. The first-order valence-electron chi connectivity index (χ1n) is 5.83. The quantitative estimate of drug-likeness (QED) is 0.833. The lowest BCUT2D eigenvalue weighted by molar-refractivity contribution is 0.364. The molecule has 0 spiro atoms. The standard InChI is InChI=1S/C11H15N5O/c1-8-14-11(17-15-8)2-3-16-7-13-6-10(16)9-4-12-5-9/h6-7,9,12H,2-5H2,1H3. The summed E-state index contributed by atoms with van der Waals surface area (Å²) in [6.45, 7) is 4.76. The smallest absolute Gasteiger partial charge is 0.228 e. The SMILES string of the molecule is Cc1noc(CCn2cncc2C2CNC2)n1. The van der Waals surface area contributed by atoms with E-state index in [2.05, 4.69) is 25.0 Å². The molecule has 0 saturated carbocycles. The second kappa shape index (κ2) is 4.29. The Hall–Kier alpha value is -1.69. The topological polar surface area (TPSA) is 68.8 Å². The molecule has 1 fully saturated rings. The van der Waals surface area contributed by atoms with Crippen LogP contribution in [0.25, 0.3) is 0 Å². The third kappa shape index (κ3) is 2.08. The van der Waals surface area contributed by atoms with Crippen LogP contribution in [0.4, 0.5) is 0 Å². The molecule has 0 radical (unpaired) electrons. The molecule has 0 aliphatic carbocycles. The molecule has 0 bridgehead atoms. The van der Waals surface area contributed by atoms with Gasteiger partial charge in [-0.15, -0.1) is 0 Å². The van der Waals surface area contributed by atoms with E-state index >= 15 is 0 Å². The van der Waals surface area contributed by atoms with Crippen LogP contribution in [0.15, 0.2) is 17.0 Å². The van der Waals surface area contributed by atoms with Crippen molar-refractivity contribution >= 4 is 0 Å². The molecular weight excluding hydrogens is 218 g/mol. The first-order chi connectivity index (χ1) is 8.33. The first kappa shape index (κ1) is 10.5. The number of nitrogens with one attached hydrogen (secondary N) is 1. The molecule has 6 heteroatoms. The van der Waals surface area contributed by atoms with E-state index < -0.39 is 0 Å². The predicted molar refractivity (Wildman–Crippen MR) is 60.6 cm³/mol. The zero-order valence-electron chi connectivity index (χ0n) is 9.76. The molecule has 0 aromatic carbocycles. The van der Waals surface area contributed by atoms with Gasteiger partial charge in [0, 0.05) is 43.9 Å². The number of aryl methyl sites for hydroxylation is 3. The van der Waals surface area contributed by atoms with Crippen molar-refractivity contribution in [3.63, 3.8) is 0 Å². The largest absolute Gasteiger partial charge is 0.339 e. The van der Waals surface area contributed by atoms with E-state index in [0.29, 0.717) is 17.6 Å². The lowest BCUT2D eigenvalue weighted by Gasteiger charge is -2.27. The van der Waals surface area contributed by atoms with Crippen molar-refractivity contribution in [3.8, 4) is 0 Å². The summed E-state index contributed by atoms with van der Waals surface area (Å²) < 4.78 is 7.27. The van der Waals surface area contributed by atoms with Crippen LogP contribution in [0, 0.1) is 6.92 Å². The van der Waals surface area contributed by atoms with E-state index in [0.717, 1.165) is 26.1 Å². The average Bonchev–Trinajstić information content (AvgIpc) is 2.82. The molecule has 0 unspecified atom stereocenters. The molecule has 3 heterocycles. The van der Waals surface area contributed by atoms with Gasteiger partial charge in [-0.25, -0.2) is 4.98 Å². The Morgan fingerprint density at radius 1 is 1.53 bits per heavy atom. The Bertz CT molecular complexity index is 499. The zero-order chi connectivity index (χ0) is 11.7. The molecule has 90 valence electrons. The second-order valence-electron chi connectivity index (χ2n) is 4.35. The summed E-state index contributed by atoms with van der Waals surface area (Å²) in [6, 6.07) is 0. The molecule has 2 aromatic rings. The van der Waals surface area contributed by atoms with Crippen molar-refractivity contribution in [3.05, 3.63) is 29.9 Å². The van der Waals surface area contributed by atoms with Gasteiger partial charge in [0.2, 0.25) is 5.89 Å². The Balaban J connectivity index is 1.66. The minimum Gasteiger partial charge on any atom is -0.339 e. The van der Waals surface area contributed by atoms with Crippen LogP contribution in [0.1, 0.15) is 23.3 Å². The summed E-state index contributed by atoms with van der Waals surface area (Å²) in [6.07, 6.45) is 4.58. The first-order valence-corrected chi connectivity index (χ1v) is 5.83. The molecule has 1 N–H and O–H groups in total. The molecular formula is C11H15N5O. The zero-order valence-corrected chi connectivity index (χ0v) is 9.76. The van der Waals surface area contributed by atoms with Gasteiger partial charge in [0.15, 0.2) is 5.82 Å². The van der Waals surface area contributed by atoms with Gasteiger partial charge in [-0.05, 0) is 6.92 Å². The normalized spacial score (nSPS) is 16.1. The number of nitrogens with zero attached hydrogens (tertiary/aromatic N) is 4. The van der Waals surface area contributed by atoms with E-state index in [4.69, 9.17) is 4.52 Å². The maximum atomic E-state index is 5.10. The van der Waals surface area contributed by atoms with Gasteiger partial charge >= 0.3 is 0 Å².